The van der Waals surface area contributed by atoms with E-state index in [1.807, 2.05) is 61.5 Å². The summed E-state index contributed by atoms with van der Waals surface area (Å²) in [5.74, 6) is 0. The topological polar surface area (TPSA) is 68.9 Å². The molecule has 0 saturated carbocycles. The quantitative estimate of drug-likeness (QED) is 0.599. The Hall–Kier alpha value is -3.67. The number of rotatable bonds is 3. The van der Waals surface area contributed by atoms with E-state index in [1.54, 1.807) is 13.2 Å². The molecular formula is C22H20N4O2. The number of hydrogen-bond donors (Lipinski definition) is 1. The minimum absolute atomic E-state index is 0.360. The highest BCUT2D eigenvalue weighted by molar-refractivity contribution is 5.94. The Bertz CT molecular complexity index is 1300. The van der Waals surface area contributed by atoms with Crippen molar-refractivity contribution in [1.29, 1.82) is 0 Å². The van der Waals surface area contributed by atoms with Gasteiger partial charge in [-0.25, -0.2) is 9.78 Å². The molecule has 0 aliphatic heterocycles. The molecule has 6 heteroatoms. The Morgan fingerprint density at radius 2 is 1.57 bits per heavy atom. The maximum Gasteiger partial charge on any atom is 0.332 e. The molecule has 0 bridgehead atoms. The lowest BCUT2D eigenvalue weighted by molar-refractivity contribution is 0.707. The van der Waals surface area contributed by atoms with Gasteiger partial charge in [-0.1, -0.05) is 48.5 Å². The second-order valence-corrected chi connectivity index (χ2v) is 6.76. The van der Waals surface area contributed by atoms with Crippen LogP contribution in [0.5, 0.6) is 0 Å². The molecule has 4 rings (SSSR count). The van der Waals surface area contributed by atoms with Gasteiger partial charge in [0.2, 0.25) is 0 Å². The molecule has 0 fully saturated rings. The van der Waals surface area contributed by atoms with Gasteiger partial charge in [0.05, 0.1) is 5.69 Å². The highest BCUT2D eigenvalue weighted by Crippen LogP contribution is 2.32. The van der Waals surface area contributed by atoms with E-state index < -0.39 is 5.69 Å². The molecule has 2 heterocycles. The number of hydrogen-bond acceptors (Lipinski definition) is 4. The van der Waals surface area contributed by atoms with Gasteiger partial charge in [-0.3, -0.25) is 13.9 Å². The van der Waals surface area contributed by atoms with Crippen LogP contribution >= 0.6 is 0 Å². The van der Waals surface area contributed by atoms with Gasteiger partial charge < -0.3 is 5.32 Å². The average Bonchev–Trinajstić information content (AvgIpc) is 2.73. The van der Waals surface area contributed by atoms with Gasteiger partial charge in [-0.05, 0) is 24.1 Å². The smallest absolute Gasteiger partial charge is 0.332 e. The first-order valence-corrected chi connectivity index (χ1v) is 8.96. The number of nitrogens with one attached hydrogen (secondary N) is 1. The molecular weight excluding hydrogens is 352 g/mol. The summed E-state index contributed by atoms with van der Waals surface area (Å²) in [5, 5.41) is 3.82. The number of aryl methyl sites for hydroxylation is 2. The van der Waals surface area contributed by atoms with Crippen LogP contribution in [0.2, 0.25) is 0 Å². The molecule has 0 atom stereocenters. The van der Waals surface area contributed by atoms with Crippen molar-refractivity contribution in [2.24, 2.45) is 14.1 Å². The lowest BCUT2D eigenvalue weighted by atomic mass is 10.0. The minimum atomic E-state index is -0.399. The van der Waals surface area contributed by atoms with E-state index in [-0.39, 0.29) is 5.56 Å². The van der Waals surface area contributed by atoms with E-state index in [1.165, 1.54) is 11.6 Å². The summed E-state index contributed by atoms with van der Waals surface area (Å²) >= 11 is 0. The Kier molecular flexibility index (Phi) is 4.31. The molecule has 2 aromatic heterocycles. The van der Waals surface area contributed by atoms with Gasteiger partial charge in [0.15, 0.2) is 5.65 Å². The normalized spacial score (nSPS) is 11.0. The van der Waals surface area contributed by atoms with Gasteiger partial charge in [0.1, 0.15) is 5.39 Å². The molecule has 0 radical (unpaired) electrons. The van der Waals surface area contributed by atoms with E-state index in [9.17, 15) is 9.59 Å². The number of fused-ring (bicyclic) bond motifs is 1. The van der Waals surface area contributed by atoms with Crippen LogP contribution in [0.3, 0.4) is 0 Å². The van der Waals surface area contributed by atoms with Gasteiger partial charge in [-0.2, -0.15) is 0 Å². The summed E-state index contributed by atoms with van der Waals surface area (Å²) in [7, 11) is 3.10. The molecule has 28 heavy (non-hydrogen) atoms. The van der Waals surface area contributed by atoms with Crippen molar-refractivity contribution in [3.8, 4) is 11.1 Å². The molecule has 140 valence electrons. The Labute approximate surface area is 161 Å². The maximum absolute atomic E-state index is 12.9. The third-order valence-electron chi connectivity index (χ3n) is 4.93. The lowest BCUT2D eigenvalue weighted by Gasteiger charge is -2.17. The van der Waals surface area contributed by atoms with Crippen molar-refractivity contribution >= 4 is 22.4 Å². The first kappa shape index (κ1) is 17.7. The van der Waals surface area contributed by atoms with Crippen molar-refractivity contribution in [2.75, 3.05) is 5.32 Å². The summed E-state index contributed by atoms with van der Waals surface area (Å²) in [6.07, 6.45) is 1.68. The van der Waals surface area contributed by atoms with Crippen molar-refractivity contribution in [3.05, 3.63) is 87.2 Å². The number of pyridine rings is 1. The number of para-hydroxylation sites is 1. The van der Waals surface area contributed by atoms with E-state index in [0.29, 0.717) is 16.7 Å². The zero-order chi connectivity index (χ0) is 19.8. The fourth-order valence-electron chi connectivity index (χ4n) is 3.38. The number of nitrogens with zero attached hydrogens (tertiary/aromatic N) is 3. The van der Waals surface area contributed by atoms with Crippen molar-refractivity contribution in [1.82, 2.24) is 14.1 Å². The van der Waals surface area contributed by atoms with Crippen LogP contribution in [0.1, 0.15) is 5.56 Å². The summed E-state index contributed by atoms with van der Waals surface area (Å²) < 4.78 is 2.50. The van der Waals surface area contributed by atoms with Crippen LogP contribution < -0.4 is 16.6 Å². The lowest BCUT2D eigenvalue weighted by Crippen LogP contribution is -2.37. The van der Waals surface area contributed by atoms with Crippen LogP contribution in [-0.4, -0.2) is 14.1 Å². The van der Waals surface area contributed by atoms with Crippen LogP contribution in [0, 0.1) is 6.92 Å². The molecule has 0 aliphatic carbocycles. The third kappa shape index (κ3) is 2.79. The van der Waals surface area contributed by atoms with Gasteiger partial charge >= 0.3 is 5.69 Å². The second kappa shape index (κ2) is 6.81. The SMILES string of the molecule is Cc1cnc2c(c1Nc1ccccc1-c1ccccc1)c(=O)n(C)c(=O)n2C. The number of aromatic nitrogens is 3. The standard InChI is InChI=1S/C22H20N4O2/c1-14-13-23-20-18(21(27)26(3)22(28)25(20)2)19(14)24-17-12-8-7-11-16(17)15-9-5-4-6-10-15/h4-13H,1-3H3,(H,23,24). The van der Waals surface area contributed by atoms with E-state index in [2.05, 4.69) is 10.3 Å². The molecule has 2 aromatic carbocycles. The summed E-state index contributed by atoms with van der Waals surface area (Å²) in [5.41, 5.74) is 4.05. The highest BCUT2D eigenvalue weighted by Gasteiger charge is 2.17. The Morgan fingerprint density at radius 1 is 0.893 bits per heavy atom. The van der Waals surface area contributed by atoms with E-state index in [0.717, 1.165) is 26.9 Å². The zero-order valence-corrected chi connectivity index (χ0v) is 15.9. The van der Waals surface area contributed by atoms with Crippen LogP contribution in [0.4, 0.5) is 11.4 Å². The van der Waals surface area contributed by atoms with Gasteiger partial charge in [0, 0.05) is 31.5 Å². The van der Waals surface area contributed by atoms with Crippen LogP contribution in [0.15, 0.2) is 70.4 Å². The van der Waals surface area contributed by atoms with Crippen LogP contribution in [-0.2, 0) is 14.1 Å². The van der Waals surface area contributed by atoms with Crippen LogP contribution in [0.25, 0.3) is 22.2 Å². The average molecular weight is 372 g/mol. The number of anilines is 2. The summed E-state index contributed by atoms with van der Waals surface area (Å²) in [4.78, 5) is 29.5. The summed E-state index contributed by atoms with van der Waals surface area (Å²) in [6.45, 7) is 1.89. The molecule has 0 aliphatic rings. The van der Waals surface area contributed by atoms with Gasteiger partial charge in [-0.15, -0.1) is 0 Å². The third-order valence-corrected chi connectivity index (χ3v) is 4.93. The molecule has 0 unspecified atom stereocenters. The first-order valence-electron chi connectivity index (χ1n) is 8.96. The van der Waals surface area contributed by atoms with Crippen molar-refractivity contribution in [3.63, 3.8) is 0 Å². The molecule has 0 saturated heterocycles. The van der Waals surface area contributed by atoms with E-state index >= 15 is 0 Å². The van der Waals surface area contributed by atoms with Crippen molar-refractivity contribution in [2.45, 2.75) is 6.92 Å². The Balaban J connectivity index is 1.97. The first-order chi connectivity index (χ1) is 13.5. The highest BCUT2D eigenvalue weighted by atomic mass is 16.2. The Morgan fingerprint density at radius 3 is 2.32 bits per heavy atom. The molecule has 0 amide bonds. The second-order valence-electron chi connectivity index (χ2n) is 6.76. The molecule has 4 aromatic rings. The summed E-state index contributed by atoms with van der Waals surface area (Å²) in [6, 6.07) is 18.0. The molecule has 6 nitrogen and oxygen atoms in total. The molecule has 1 N–H and O–H groups in total. The predicted octanol–water partition coefficient (Wildman–Crippen LogP) is 3.35. The fourth-order valence-corrected chi connectivity index (χ4v) is 3.38. The van der Waals surface area contributed by atoms with Crippen molar-refractivity contribution < 1.29 is 0 Å². The predicted molar refractivity (Wildman–Crippen MR) is 112 cm³/mol. The fraction of sp³-hybridized carbons (Fsp3) is 0.136. The molecule has 0 spiro atoms. The maximum atomic E-state index is 12.9. The largest absolute Gasteiger partial charge is 0.354 e. The van der Waals surface area contributed by atoms with E-state index in [4.69, 9.17) is 0 Å². The zero-order valence-electron chi connectivity index (χ0n) is 15.9. The monoisotopic (exact) mass is 372 g/mol. The minimum Gasteiger partial charge on any atom is -0.354 e. The number of benzene rings is 2. The van der Waals surface area contributed by atoms with Gasteiger partial charge in [0.25, 0.3) is 5.56 Å².